The largest absolute Gasteiger partial charge is 0.444 e. The van der Waals surface area contributed by atoms with Gasteiger partial charge in [0.05, 0.1) is 0 Å². The summed E-state index contributed by atoms with van der Waals surface area (Å²) in [5.41, 5.74) is 4.67. The molecule has 7 heteroatoms. The van der Waals surface area contributed by atoms with Crippen LogP contribution in [0.5, 0.6) is 0 Å². The summed E-state index contributed by atoms with van der Waals surface area (Å²) in [5.74, 6) is -0.642. The third kappa shape index (κ3) is 8.62. The highest BCUT2D eigenvalue weighted by atomic mass is 16.6. The molecule has 2 aromatic carbocycles. The van der Waals surface area contributed by atoms with E-state index in [1.807, 2.05) is 71.0 Å². The Labute approximate surface area is 222 Å². The number of nitrogens with one attached hydrogen (secondary N) is 2. The Balaban J connectivity index is 2.51. The van der Waals surface area contributed by atoms with Crippen molar-refractivity contribution in [3.63, 3.8) is 0 Å². The van der Waals surface area contributed by atoms with Gasteiger partial charge in [0.15, 0.2) is 0 Å². The molecule has 0 aliphatic carbocycles. The van der Waals surface area contributed by atoms with Crippen molar-refractivity contribution >= 4 is 23.6 Å². The minimum absolute atomic E-state index is 0.295. The summed E-state index contributed by atoms with van der Waals surface area (Å²) in [5, 5.41) is 5.74. The van der Waals surface area contributed by atoms with Gasteiger partial charge in [-0.2, -0.15) is 0 Å². The minimum Gasteiger partial charge on any atom is -0.444 e. The number of anilines is 1. The first-order valence-electron chi connectivity index (χ1n) is 13.0. The van der Waals surface area contributed by atoms with Crippen LogP contribution in [0.15, 0.2) is 36.4 Å². The van der Waals surface area contributed by atoms with Crippen molar-refractivity contribution in [2.45, 2.75) is 92.8 Å². The fraction of sp³-hybridized carbons (Fsp3) is 0.500. The average molecular weight is 510 g/mol. The van der Waals surface area contributed by atoms with Crippen LogP contribution in [0, 0.1) is 27.7 Å². The predicted molar refractivity (Wildman–Crippen MR) is 149 cm³/mol. The van der Waals surface area contributed by atoms with Crippen molar-refractivity contribution in [1.82, 2.24) is 10.2 Å². The Morgan fingerprint density at radius 2 is 1.54 bits per heavy atom. The molecular weight excluding hydrogens is 466 g/mol. The molecule has 2 unspecified atom stereocenters. The topological polar surface area (TPSA) is 87.7 Å². The molecule has 2 aromatic rings. The van der Waals surface area contributed by atoms with Crippen LogP contribution < -0.4 is 10.6 Å². The van der Waals surface area contributed by atoms with Gasteiger partial charge in [0.2, 0.25) is 5.91 Å². The van der Waals surface area contributed by atoms with Crippen LogP contribution in [0.25, 0.3) is 0 Å². The van der Waals surface area contributed by atoms with Gasteiger partial charge in [-0.3, -0.25) is 9.59 Å². The van der Waals surface area contributed by atoms with Crippen molar-refractivity contribution in [2.75, 3.05) is 11.9 Å². The smallest absolute Gasteiger partial charge is 0.408 e. The molecule has 2 N–H and O–H groups in total. The van der Waals surface area contributed by atoms with Crippen LogP contribution in [-0.4, -0.2) is 41.0 Å². The van der Waals surface area contributed by atoms with Crippen molar-refractivity contribution in [2.24, 2.45) is 0 Å². The summed E-state index contributed by atoms with van der Waals surface area (Å²) < 4.78 is 5.35. The van der Waals surface area contributed by atoms with E-state index in [4.69, 9.17) is 4.74 Å². The highest BCUT2D eigenvalue weighted by Crippen LogP contribution is 2.28. The number of hydrogen-bond acceptors (Lipinski definition) is 4. The first-order valence-corrected chi connectivity index (χ1v) is 13.0. The molecule has 0 aliphatic rings. The van der Waals surface area contributed by atoms with Gasteiger partial charge in [0.1, 0.15) is 17.7 Å². The second-order valence-electron chi connectivity index (χ2n) is 10.8. The first-order chi connectivity index (χ1) is 17.2. The molecule has 0 radical (unpaired) electrons. The maximum atomic E-state index is 14.0. The number of hydrogen-bond donors (Lipinski definition) is 2. The van der Waals surface area contributed by atoms with E-state index in [2.05, 4.69) is 10.6 Å². The first kappa shape index (κ1) is 29.9. The van der Waals surface area contributed by atoms with Crippen LogP contribution in [0.1, 0.15) is 81.3 Å². The number of amides is 3. The second-order valence-corrected chi connectivity index (χ2v) is 10.8. The van der Waals surface area contributed by atoms with E-state index >= 15 is 0 Å². The van der Waals surface area contributed by atoms with E-state index in [1.54, 1.807) is 32.6 Å². The van der Waals surface area contributed by atoms with Crippen LogP contribution in [0.2, 0.25) is 0 Å². The molecule has 0 saturated carbocycles. The number of para-hydroxylation sites is 1. The number of carbonyl (C=O) groups excluding carboxylic acids is 3. The second kappa shape index (κ2) is 12.7. The van der Waals surface area contributed by atoms with Crippen LogP contribution in [0.3, 0.4) is 0 Å². The Kier molecular flexibility index (Phi) is 10.3. The molecule has 0 spiro atoms. The summed E-state index contributed by atoms with van der Waals surface area (Å²) in [6, 6.07) is 10.0. The zero-order valence-electron chi connectivity index (χ0n) is 23.8. The maximum absolute atomic E-state index is 14.0. The Bertz CT molecular complexity index is 1080. The predicted octanol–water partition coefficient (Wildman–Crippen LogP) is 6.14. The molecule has 2 rings (SSSR count). The Morgan fingerprint density at radius 3 is 2.05 bits per heavy atom. The van der Waals surface area contributed by atoms with Gasteiger partial charge in [0.25, 0.3) is 5.91 Å². The van der Waals surface area contributed by atoms with E-state index in [0.717, 1.165) is 39.9 Å². The summed E-state index contributed by atoms with van der Waals surface area (Å²) in [6.45, 7) is 17.2. The number of benzene rings is 2. The van der Waals surface area contributed by atoms with Crippen molar-refractivity contribution in [3.8, 4) is 0 Å². The van der Waals surface area contributed by atoms with Crippen LogP contribution >= 0.6 is 0 Å². The van der Waals surface area contributed by atoms with Crippen molar-refractivity contribution in [1.29, 1.82) is 0 Å². The quantitative estimate of drug-likeness (QED) is 0.425. The van der Waals surface area contributed by atoms with E-state index in [-0.39, 0.29) is 11.8 Å². The number of unbranched alkanes of at least 4 members (excludes halogenated alkanes) is 1. The standard InChI is InChI=1S/C30H43N3O4/c1-10-11-15-33(28(35)23(6)31-29(36)37-30(7,8)9)26(24-17-19(2)16-20(3)18-24)27(34)32-25-21(4)13-12-14-22(25)5/h12-14,16-18,23,26H,10-11,15H2,1-9H3,(H,31,36)(H,32,34). The number of alkyl carbamates (subject to hydrolysis) is 1. The molecule has 37 heavy (non-hydrogen) atoms. The zero-order chi connectivity index (χ0) is 27.9. The molecule has 7 nitrogen and oxygen atoms in total. The van der Waals surface area contributed by atoms with E-state index in [0.29, 0.717) is 13.0 Å². The van der Waals surface area contributed by atoms with E-state index < -0.39 is 23.8 Å². The minimum atomic E-state index is -0.881. The SMILES string of the molecule is CCCCN(C(=O)C(C)NC(=O)OC(C)(C)C)C(C(=O)Nc1c(C)cccc1C)c1cc(C)cc(C)c1. The van der Waals surface area contributed by atoms with Gasteiger partial charge >= 0.3 is 6.09 Å². The van der Waals surface area contributed by atoms with Crippen LogP contribution in [-0.2, 0) is 14.3 Å². The molecule has 2 atom stereocenters. The molecular formula is C30H43N3O4. The summed E-state index contributed by atoms with van der Waals surface area (Å²) in [7, 11) is 0. The monoisotopic (exact) mass is 509 g/mol. The zero-order valence-corrected chi connectivity index (χ0v) is 23.8. The third-order valence-electron chi connectivity index (χ3n) is 5.99. The molecule has 3 amide bonds. The molecule has 0 bridgehead atoms. The van der Waals surface area contributed by atoms with Gasteiger partial charge in [0, 0.05) is 12.2 Å². The molecule has 0 aromatic heterocycles. The fourth-order valence-electron chi connectivity index (χ4n) is 4.33. The molecule has 202 valence electrons. The molecule has 0 aliphatic heterocycles. The van der Waals surface area contributed by atoms with Gasteiger partial charge in [-0.15, -0.1) is 0 Å². The average Bonchev–Trinajstić information content (AvgIpc) is 2.76. The Morgan fingerprint density at radius 1 is 0.973 bits per heavy atom. The number of aryl methyl sites for hydroxylation is 4. The van der Waals surface area contributed by atoms with Crippen LogP contribution in [0.4, 0.5) is 10.5 Å². The molecule has 0 heterocycles. The van der Waals surface area contributed by atoms with Gasteiger partial charge < -0.3 is 20.3 Å². The van der Waals surface area contributed by atoms with Gasteiger partial charge in [-0.1, -0.05) is 60.9 Å². The summed E-state index contributed by atoms with van der Waals surface area (Å²) >= 11 is 0. The summed E-state index contributed by atoms with van der Waals surface area (Å²) in [4.78, 5) is 41.8. The normalized spacial score (nSPS) is 12.9. The van der Waals surface area contributed by atoms with Crippen molar-refractivity contribution < 1.29 is 19.1 Å². The lowest BCUT2D eigenvalue weighted by molar-refractivity contribution is -0.140. The molecule has 0 saturated heterocycles. The fourth-order valence-corrected chi connectivity index (χ4v) is 4.33. The third-order valence-corrected chi connectivity index (χ3v) is 5.99. The van der Waals surface area contributed by atoms with E-state index in [1.165, 1.54) is 0 Å². The lowest BCUT2D eigenvalue weighted by Crippen LogP contribution is -2.51. The van der Waals surface area contributed by atoms with Gasteiger partial charge in [-0.05, 0) is 78.5 Å². The highest BCUT2D eigenvalue weighted by Gasteiger charge is 2.35. The van der Waals surface area contributed by atoms with E-state index in [9.17, 15) is 14.4 Å². The summed E-state index contributed by atoms with van der Waals surface area (Å²) in [6.07, 6.45) is 0.880. The Hall–Kier alpha value is -3.35. The lowest BCUT2D eigenvalue weighted by Gasteiger charge is -2.34. The molecule has 0 fully saturated rings. The van der Waals surface area contributed by atoms with Crippen molar-refractivity contribution in [3.05, 3.63) is 64.2 Å². The number of ether oxygens (including phenoxy) is 1. The number of nitrogens with zero attached hydrogens (tertiary/aromatic N) is 1. The maximum Gasteiger partial charge on any atom is 0.408 e. The highest BCUT2D eigenvalue weighted by molar-refractivity contribution is 5.99. The number of carbonyl (C=O) groups is 3. The lowest BCUT2D eigenvalue weighted by atomic mass is 9.97. The van der Waals surface area contributed by atoms with Gasteiger partial charge in [-0.25, -0.2) is 4.79 Å². The number of rotatable bonds is 9.